The van der Waals surface area contributed by atoms with Gasteiger partial charge in [0.25, 0.3) is 5.91 Å². The number of aromatic carboxylic acids is 1. The number of carbonyl (C=O) groups is 2. The molecule has 0 spiro atoms. The Hall–Kier alpha value is -4.98. The van der Waals surface area contributed by atoms with Gasteiger partial charge >= 0.3 is 5.97 Å². The van der Waals surface area contributed by atoms with Gasteiger partial charge in [-0.3, -0.25) is 4.79 Å². The molecule has 3 aromatic carbocycles. The van der Waals surface area contributed by atoms with Crippen LogP contribution < -0.4 is 10.2 Å². The monoisotopic (exact) mass is 505 g/mol. The van der Waals surface area contributed by atoms with E-state index in [1.165, 1.54) is 12.1 Å². The standard InChI is InChI=1S/C30H27N5O3/c1-20(2)18-35(29(36)21-7-4-3-5-8-21)25-10-6-9-23(17-25)26-19-34-16-15-31-28(34)27(33-26)32-24-13-11-22(12-14-24)30(37)38/h3-17,19-20H,18H2,1-2H3,(H,32,33)(H,37,38). The summed E-state index contributed by atoms with van der Waals surface area (Å²) >= 11 is 0. The van der Waals surface area contributed by atoms with Gasteiger partial charge in [-0.05, 0) is 54.4 Å². The van der Waals surface area contributed by atoms with E-state index in [4.69, 9.17) is 4.98 Å². The van der Waals surface area contributed by atoms with Crippen molar-refractivity contribution in [1.82, 2.24) is 14.4 Å². The lowest BCUT2D eigenvalue weighted by Crippen LogP contribution is -2.34. The van der Waals surface area contributed by atoms with Crippen LogP contribution in [0.2, 0.25) is 0 Å². The normalized spacial score (nSPS) is 11.0. The van der Waals surface area contributed by atoms with Gasteiger partial charge in [0.1, 0.15) is 0 Å². The molecular weight excluding hydrogens is 478 g/mol. The molecule has 5 rings (SSSR count). The third-order valence-corrected chi connectivity index (χ3v) is 6.04. The second-order valence-corrected chi connectivity index (χ2v) is 9.37. The van der Waals surface area contributed by atoms with E-state index in [0.717, 1.165) is 11.3 Å². The predicted molar refractivity (Wildman–Crippen MR) is 148 cm³/mol. The average Bonchev–Trinajstić information content (AvgIpc) is 3.41. The van der Waals surface area contributed by atoms with Crippen LogP contribution in [-0.2, 0) is 0 Å². The van der Waals surface area contributed by atoms with Gasteiger partial charge in [0.2, 0.25) is 0 Å². The fourth-order valence-corrected chi connectivity index (χ4v) is 4.23. The first-order valence-corrected chi connectivity index (χ1v) is 12.3. The molecule has 0 atom stereocenters. The van der Waals surface area contributed by atoms with E-state index in [1.807, 2.05) is 76.3 Å². The van der Waals surface area contributed by atoms with E-state index in [-0.39, 0.29) is 17.4 Å². The van der Waals surface area contributed by atoms with Gasteiger partial charge in [0.05, 0.1) is 11.3 Å². The first-order valence-electron chi connectivity index (χ1n) is 12.3. The molecule has 0 unspecified atom stereocenters. The molecule has 8 nitrogen and oxygen atoms in total. The van der Waals surface area contributed by atoms with E-state index in [0.29, 0.717) is 35.0 Å². The van der Waals surface area contributed by atoms with Gasteiger partial charge in [0.15, 0.2) is 11.5 Å². The quantitative estimate of drug-likeness (QED) is 0.263. The molecule has 8 heteroatoms. The van der Waals surface area contributed by atoms with Gasteiger partial charge < -0.3 is 19.7 Å². The number of imidazole rings is 1. The number of nitrogens with zero attached hydrogens (tertiary/aromatic N) is 4. The number of benzene rings is 3. The average molecular weight is 506 g/mol. The highest BCUT2D eigenvalue weighted by Gasteiger charge is 2.20. The summed E-state index contributed by atoms with van der Waals surface area (Å²) in [6.45, 7) is 4.75. The van der Waals surface area contributed by atoms with Crippen molar-refractivity contribution in [2.24, 2.45) is 5.92 Å². The van der Waals surface area contributed by atoms with Crippen molar-refractivity contribution < 1.29 is 14.7 Å². The maximum absolute atomic E-state index is 13.4. The number of carbonyl (C=O) groups excluding carboxylic acids is 1. The van der Waals surface area contributed by atoms with Crippen molar-refractivity contribution in [3.63, 3.8) is 0 Å². The zero-order chi connectivity index (χ0) is 26.6. The van der Waals surface area contributed by atoms with E-state index >= 15 is 0 Å². The Balaban J connectivity index is 1.52. The number of anilines is 3. The number of carboxylic acid groups (broad SMARTS) is 1. The number of nitrogens with one attached hydrogen (secondary N) is 1. The summed E-state index contributed by atoms with van der Waals surface area (Å²) in [4.78, 5) is 35.7. The van der Waals surface area contributed by atoms with Crippen molar-refractivity contribution in [1.29, 1.82) is 0 Å². The van der Waals surface area contributed by atoms with E-state index in [9.17, 15) is 14.7 Å². The van der Waals surface area contributed by atoms with Crippen LogP contribution in [0.1, 0.15) is 34.6 Å². The fourth-order valence-electron chi connectivity index (χ4n) is 4.23. The summed E-state index contributed by atoms with van der Waals surface area (Å²) in [5.41, 5.74) is 4.49. The molecule has 0 radical (unpaired) electrons. The summed E-state index contributed by atoms with van der Waals surface area (Å²) in [7, 11) is 0. The maximum atomic E-state index is 13.4. The Labute approximate surface area is 220 Å². The smallest absolute Gasteiger partial charge is 0.335 e. The van der Waals surface area contributed by atoms with Gasteiger partial charge in [-0.15, -0.1) is 0 Å². The lowest BCUT2D eigenvalue weighted by molar-refractivity contribution is 0.0696. The van der Waals surface area contributed by atoms with Crippen LogP contribution in [0.4, 0.5) is 17.2 Å². The van der Waals surface area contributed by atoms with Crippen LogP contribution in [0.5, 0.6) is 0 Å². The van der Waals surface area contributed by atoms with Crippen LogP contribution in [0.3, 0.4) is 0 Å². The summed E-state index contributed by atoms with van der Waals surface area (Å²) in [5.74, 6) is -0.235. The highest BCUT2D eigenvalue weighted by atomic mass is 16.4. The van der Waals surface area contributed by atoms with Crippen LogP contribution >= 0.6 is 0 Å². The minimum atomic E-state index is -0.982. The molecule has 0 bridgehead atoms. The minimum absolute atomic E-state index is 0.0540. The number of fused-ring (bicyclic) bond motifs is 1. The molecule has 0 saturated heterocycles. The number of rotatable bonds is 8. The van der Waals surface area contributed by atoms with Gasteiger partial charge in [-0.1, -0.05) is 44.2 Å². The molecule has 0 saturated carbocycles. The lowest BCUT2D eigenvalue weighted by atomic mass is 10.1. The molecule has 38 heavy (non-hydrogen) atoms. The van der Waals surface area contributed by atoms with Crippen LogP contribution in [0.15, 0.2) is 97.5 Å². The number of hydrogen-bond donors (Lipinski definition) is 2. The van der Waals surface area contributed by atoms with Crippen LogP contribution in [0.25, 0.3) is 16.9 Å². The highest BCUT2D eigenvalue weighted by Crippen LogP contribution is 2.28. The van der Waals surface area contributed by atoms with Crippen molar-refractivity contribution in [3.05, 3.63) is 109 Å². The molecule has 1 amide bonds. The van der Waals surface area contributed by atoms with Crippen molar-refractivity contribution in [3.8, 4) is 11.3 Å². The number of carboxylic acids is 1. The van der Waals surface area contributed by atoms with Crippen molar-refractivity contribution in [2.45, 2.75) is 13.8 Å². The molecule has 2 aromatic heterocycles. The topological polar surface area (TPSA) is 99.8 Å². The van der Waals surface area contributed by atoms with Gasteiger partial charge in [-0.25, -0.2) is 14.8 Å². The Morgan fingerprint density at radius 3 is 2.45 bits per heavy atom. The zero-order valence-corrected chi connectivity index (χ0v) is 21.1. The Morgan fingerprint density at radius 1 is 0.974 bits per heavy atom. The van der Waals surface area contributed by atoms with Gasteiger partial charge in [0, 0.05) is 47.6 Å². The Kier molecular flexibility index (Phi) is 6.86. The van der Waals surface area contributed by atoms with E-state index in [2.05, 4.69) is 24.1 Å². The third-order valence-electron chi connectivity index (χ3n) is 6.04. The second-order valence-electron chi connectivity index (χ2n) is 9.37. The summed E-state index contributed by atoms with van der Waals surface area (Å²) in [6, 6.07) is 23.5. The Bertz CT molecular complexity index is 1590. The van der Waals surface area contributed by atoms with E-state index in [1.54, 1.807) is 18.3 Å². The SMILES string of the molecule is CC(C)CN(C(=O)c1ccccc1)c1cccc(-c2cn3ccnc3c(Nc3ccc(C(=O)O)cc3)n2)c1. The molecule has 0 aliphatic heterocycles. The molecular formula is C30H27N5O3. The predicted octanol–water partition coefficient (Wildman–Crippen LogP) is 6.14. The molecule has 190 valence electrons. The summed E-state index contributed by atoms with van der Waals surface area (Å²) in [6.07, 6.45) is 5.43. The minimum Gasteiger partial charge on any atom is -0.478 e. The molecule has 0 aliphatic rings. The molecule has 2 heterocycles. The van der Waals surface area contributed by atoms with Crippen LogP contribution in [-0.4, -0.2) is 37.9 Å². The molecule has 0 fully saturated rings. The maximum Gasteiger partial charge on any atom is 0.335 e. The summed E-state index contributed by atoms with van der Waals surface area (Å²) < 4.78 is 1.88. The molecule has 5 aromatic rings. The van der Waals surface area contributed by atoms with Crippen molar-refractivity contribution >= 4 is 34.7 Å². The largest absolute Gasteiger partial charge is 0.478 e. The highest BCUT2D eigenvalue weighted by molar-refractivity contribution is 6.06. The summed E-state index contributed by atoms with van der Waals surface area (Å²) in [5, 5.41) is 12.4. The van der Waals surface area contributed by atoms with E-state index < -0.39 is 5.97 Å². The zero-order valence-electron chi connectivity index (χ0n) is 21.1. The Morgan fingerprint density at radius 2 is 1.74 bits per heavy atom. The number of amides is 1. The number of hydrogen-bond acceptors (Lipinski definition) is 5. The lowest BCUT2D eigenvalue weighted by Gasteiger charge is -2.25. The van der Waals surface area contributed by atoms with Crippen LogP contribution in [0, 0.1) is 5.92 Å². The van der Waals surface area contributed by atoms with Gasteiger partial charge in [-0.2, -0.15) is 0 Å². The molecule has 0 aliphatic carbocycles. The number of aromatic nitrogens is 3. The third kappa shape index (κ3) is 5.24. The fraction of sp³-hybridized carbons (Fsp3) is 0.133. The first kappa shape index (κ1) is 24.7. The second kappa shape index (κ2) is 10.6. The first-order chi connectivity index (χ1) is 18.4. The van der Waals surface area contributed by atoms with Crippen molar-refractivity contribution in [2.75, 3.05) is 16.8 Å². The molecule has 2 N–H and O–H groups in total.